The molecule has 0 aliphatic carbocycles. The fraction of sp³-hybridized carbons (Fsp3) is 0.296. The Morgan fingerprint density at radius 1 is 1.11 bits per heavy atom. The molecule has 4 aromatic rings. The van der Waals surface area contributed by atoms with Gasteiger partial charge in [0.15, 0.2) is 28.5 Å². The first kappa shape index (κ1) is 24.2. The van der Waals surface area contributed by atoms with Crippen LogP contribution in [0.5, 0.6) is 11.5 Å². The predicted molar refractivity (Wildman–Crippen MR) is 134 cm³/mol. The van der Waals surface area contributed by atoms with Gasteiger partial charge in [0.25, 0.3) is 5.91 Å². The molecule has 188 valence electrons. The SMILES string of the molecule is COc1cc(C(=O)N(C)C)nnc1-c1cc2nccc(-c3ccc(OC4CCOCC4)c(C#N)c3)c2o1. The summed E-state index contributed by atoms with van der Waals surface area (Å²) in [7, 11) is 4.76. The quantitative estimate of drug-likeness (QED) is 0.386. The molecule has 37 heavy (non-hydrogen) atoms. The van der Waals surface area contributed by atoms with Crippen LogP contribution in [0.1, 0.15) is 28.9 Å². The van der Waals surface area contributed by atoms with Gasteiger partial charge in [0, 0.05) is 50.8 Å². The van der Waals surface area contributed by atoms with Gasteiger partial charge in [-0.1, -0.05) is 6.07 Å². The van der Waals surface area contributed by atoms with Crippen molar-refractivity contribution in [3.05, 3.63) is 53.9 Å². The molecule has 1 fully saturated rings. The number of aromatic nitrogens is 3. The Balaban J connectivity index is 1.51. The van der Waals surface area contributed by atoms with Crippen molar-refractivity contribution in [1.82, 2.24) is 20.1 Å². The molecule has 10 heteroatoms. The van der Waals surface area contributed by atoms with Gasteiger partial charge in [-0.2, -0.15) is 5.26 Å². The van der Waals surface area contributed by atoms with Gasteiger partial charge in [-0.15, -0.1) is 10.2 Å². The number of methoxy groups -OCH3 is 1. The van der Waals surface area contributed by atoms with Crippen molar-refractivity contribution in [2.24, 2.45) is 0 Å². The number of nitriles is 1. The second-order valence-corrected chi connectivity index (χ2v) is 8.78. The zero-order valence-corrected chi connectivity index (χ0v) is 20.7. The molecule has 1 aromatic carbocycles. The molecule has 0 atom stereocenters. The van der Waals surface area contributed by atoms with Crippen LogP contribution in [0, 0.1) is 11.3 Å². The van der Waals surface area contributed by atoms with Crippen LogP contribution in [-0.2, 0) is 4.74 Å². The van der Waals surface area contributed by atoms with Crippen molar-refractivity contribution in [2.45, 2.75) is 18.9 Å². The Hall–Kier alpha value is -4.49. The molecule has 1 aliphatic rings. The van der Waals surface area contributed by atoms with Crippen molar-refractivity contribution in [3.63, 3.8) is 0 Å². The Bertz CT molecular complexity index is 1500. The Labute approximate surface area is 213 Å². The molecule has 0 unspecified atom stereocenters. The highest BCUT2D eigenvalue weighted by Gasteiger charge is 2.21. The minimum Gasteiger partial charge on any atom is -0.494 e. The molecule has 0 bridgehead atoms. The number of ether oxygens (including phenoxy) is 3. The molecule has 0 saturated carbocycles. The van der Waals surface area contributed by atoms with E-state index in [-0.39, 0.29) is 17.7 Å². The first-order valence-electron chi connectivity index (χ1n) is 11.8. The lowest BCUT2D eigenvalue weighted by Gasteiger charge is -2.23. The number of hydrogen-bond donors (Lipinski definition) is 0. The van der Waals surface area contributed by atoms with Crippen LogP contribution >= 0.6 is 0 Å². The molecule has 3 aromatic heterocycles. The van der Waals surface area contributed by atoms with Gasteiger partial charge >= 0.3 is 0 Å². The number of amides is 1. The fourth-order valence-corrected chi connectivity index (χ4v) is 4.18. The molecule has 1 aliphatic heterocycles. The third-order valence-electron chi connectivity index (χ3n) is 6.12. The third kappa shape index (κ3) is 4.81. The number of furan rings is 1. The molecule has 0 radical (unpaired) electrons. The number of fused-ring (bicyclic) bond motifs is 1. The highest BCUT2D eigenvalue weighted by Crippen LogP contribution is 2.37. The van der Waals surface area contributed by atoms with E-state index in [4.69, 9.17) is 18.6 Å². The lowest BCUT2D eigenvalue weighted by atomic mass is 10.0. The number of hydrogen-bond acceptors (Lipinski definition) is 9. The monoisotopic (exact) mass is 499 g/mol. The van der Waals surface area contributed by atoms with Gasteiger partial charge in [0.05, 0.1) is 25.9 Å². The second kappa shape index (κ2) is 10.2. The van der Waals surface area contributed by atoms with E-state index in [0.717, 1.165) is 24.0 Å². The molecule has 5 rings (SSSR count). The molecule has 1 saturated heterocycles. The van der Waals surface area contributed by atoms with Crippen molar-refractivity contribution in [1.29, 1.82) is 5.26 Å². The van der Waals surface area contributed by atoms with Crippen LogP contribution in [0.3, 0.4) is 0 Å². The Morgan fingerprint density at radius 2 is 1.92 bits per heavy atom. The average molecular weight is 500 g/mol. The minimum atomic E-state index is -0.288. The summed E-state index contributed by atoms with van der Waals surface area (Å²) in [6.45, 7) is 1.31. The van der Waals surface area contributed by atoms with E-state index in [1.54, 1.807) is 32.4 Å². The van der Waals surface area contributed by atoms with Crippen LogP contribution in [-0.4, -0.2) is 66.5 Å². The largest absolute Gasteiger partial charge is 0.494 e. The summed E-state index contributed by atoms with van der Waals surface area (Å²) in [6.07, 6.45) is 3.30. The summed E-state index contributed by atoms with van der Waals surface area (Å²) in [5.41, 5.74) is 3.62. The van der Waals surface area contributed by atoms with Gasteiger partial charge in [-0.25, -0.2) is 0 Å². The number of benzene rings is 1. The van der Waals surface area contributed by atoms with Crippen LogP contribution in [0.25, 0.3) is 33.7 Å². The number of pyridine rings is 1. The van der Waals surface area contributed by atoms with Gasteiger partial charge in [0.2, 0.25) is 0 Å². The first-order chi connectivity index (χ1) is 18.0. The van der Waals surface area contributed by atoms with E-state index >= 15 is 0 Å². The zero-order chi connectivity index (χ0) is 25.9. The molecule has 1 amide bonds. The second-order valence-electron chi connectivity index (χ2n) is 8.78. The summed E-state index contributed by atoms with van der Waals surface area (Å²) in [6, 6.07) is 12.8. The molecule has 0 spiro atoms. The topological polar surface area (TPSA) is 124 Å². The van der Waals surface area contributed by atoms with Crippen molar-refractivity contribution in [3.8, 4) is 40.1 Å². The number of carbonyl (C=O) groups excluding carboxylic acids is 1. The van der Waals surface area contributed by atoms with Gasteiger partial charge in [0.1, 0.15) is 23.4 Å². The van der Waals surface area contributed by atoms with Crippen LogP contribution < -0.4 is 9.47 Å². The van der Waals surface area contributed by atoms with E-state index in [2.05, 4.69) is 21.3 Å². The Morgan fingerprint density at radius 3 is 2.65 bits per heavy atom. The van der Waals surface area contributed by atoms with Crippen molar-refractivity contribution < 1.29 is 23.4 Å². The lowest BCUT2D eigenvalue weighted by Crippen LogP contribution is -2.26. The van der Waals surface area contributed by atoms with Crippen LogP contribution in [0.15, 0.2) is 47.0 Å². The zero-order valence-electron chi connectivity index (χ0n) is 20.7. The number of carbonyl (C=O) groups is 1. The summed E-state index contributed by atoms with van der Waals surface area (Å²) < 4.78 is 23.1. The maximum Gasteiger partial charge on any atom is 0.273 e. The fourth-order valence-electron chi connectivity index (χ4n) is 4.18. The van der Waals surface area contributed by atoms with Crippen molar-refractivity contribution >= 4 is 17.0 Å². The van der Waals surface area contributed by atoms with Gasteiger partial charge in [-0.05, 0) is 23.8 Å². The van der Waals surface area contributed by atoms with Crippen LogP contribution in [0.4, 0.5) is 0 Å². The molecule has 0 N–H and O–H groups in total. The van der Waals surface area contributed by atoms with E-state index in [0.29, 0.717) is 52.8 Å². The van der Waals surface area contributed by atoms with Gasteiger partial charge < -0.3 is 23.5 Å². The third-order valence-corrected chi connectivity index (χ3v) is 6.12. The molecule has 4 heterocycles. The highest BCUT2D eigenvalue weighted by molar-refractivity contribution is 5.94. The predicted octanol–water partition coefficient (Wildman–Crippen LogP) is 4.09. The van der Waals surface area contributed by atoms with E-state index in [1.165, 1.54) is 18.1 Å². The van der Waals surface area contributed by atoms with Crippen LogP contribution in [0.2, 0.25) is 0 Å². The van der Waals surface area contributed by atoms with Crippen molar-refractivity contribution in [2.75, 3.05) is 34.4 Å². The van der Waals surface area contributed by atoms with Gasteiger partial charge in [-0.3, -0.25) is 9.78 Å². The number of rotatable bonds is 6. The summed E-state index contributed by atoms with van der Waals surface area (Å²) >= 11 is 0. The first-order valence-corrected chi connectivity index (χ1v) is 11.8. The average Bonchev–Trinajstić information content (AvgIpc) is 3.37. The summed E-state index contributed by atoms with van der Waals surface area (Å²) in [5, 5.41) is 18.1. The molecular formula is C27H25N5O5. The summed E-state index contributed by atoms with van der Waals surface area (Å²) in [5.74, 6) is 1.00. The summed E-state index contributed by atoms with van der Waals surface area (Å²) in [4.78, 5) is 18.1. The molecular weight excluding hydrogens is 474 g/mol. The highest BCUT2D eigenvalue weighted by atomic mass is 16.5. The van der Waals surface area contributed by atoms with E-state index in [1.807, 2.05) is 18.2 Å². The maximum absolute atomic E-state index is 12.3. The number of nitrogens with zero attached hydrogens (tertiary/aromatic N) is 5. The smallest absolute Gasteiger partial charge is 0.273 e. The van der Waals surface area contributed by atoms with E-state index < -0.39 is 0 Å². The minimum absolute atomic E-state index is 0.0301. The Kier molecular flexibility index (Phi) is 6.70. The van der Waals surface area contributed by atoms with E-state index in [9.17, 15) is 10.1 Å². The standard InChI is InChI=1S/C27H25N5O5/c1-32(2)27(33)21-14-23(34-3)25(31-30-21)24-13-20-26(37-24)19(6-9-29-20)16-4-5-22(17(12-16)15-28)36-18-7-10-35-11-8-18/h4-6,9,12-14,18H,7-8,10-11H2,1-3H3. The lowest BCUT2D eigenvalue weighted by molar-refractivity contribution is 0.0254. The maximum atomic E-state index is 12.3. The normalized spacial score (nSPS) is 13.8. The molecule has 10 nitrogen and oxygen atoms in total.